The van der Waals surface area contributed by atoms with Gasteiger partial charge >= 0.3 is 12.1 Å². The Balaban J connectivity index is 1.46. The summed E-state index contributed by atoms with van der Waals surface area (Å²) in [4.78, 5) is 43.1. The number of alkyl halides is 4. The van der Waals surface area contributed by atoms with Gasteiger partial charge in [-0.1, -0.05) is 30.3 Å². The highest BCUT2D eigenvalue weighted by Gasteiger charge is 2.57. The number of fused-ring (bicyclic) bond motifs is 1. The first kappa shape index (κ1) is 32.0. The Kier molecular flexibility index (Phi) is 8.90. The number of nitrogens with zero attached hydrogens (tertiary/aromatic N) is 3. The number of carbonyl (C=O) groups is 3. The Bertz CT molecular complexity index is 1550. The van der Waals surface area contributed by atoms with E-state index >= 15 is 0 Å². The molecule has 2 N–H and O–H groups in total. The number of methoxy groups -OCH3 is 2. The number of nitrogens with one attached hydrogen (secondary N) is 2. The maximum absolute atomic E-state index is 14.5. The van der Waals surface area contributed by atoms with E-state index in [2.05, 4.69) is 20.7 Å². The Hall–Kier alpha value is -4.43. The van der Waals surface area contributed by atoms with Crippen LogP contribution >= 0.6 is 0 Å². The lowest BCUT2D eigenvalue weighted by Gasteiger charge is -2.37. The number of carbonyl (C=O) groups excluding carboxylic acids is 3. The van der Waals surface area contributed by atoms with E-state index < -0.39 is 66.6 Å². The van der Waals surface area contributed by atoms with Crippen LogP contribution in [0, 0.1) is 11.3 Å². The highest BCUT2D eigenvalue weighted by Crippen LogP contribution is 2.43. The Morgan fingerprint density at radius 2 is 1.82 bits per heavy atom. The number of ether oxygens (including phenoxy) is 3. The number of benzene rings is 1. The van der Waals surface area contributed by atoms with E-state index in [0.717, 1.165) is 12.7 Å². The van der Waals surface area contributed by atoms with Crippen molar-refractivity contribution in [3.05, 3.63) is 59.5 Å². The number of amides is 2. The summed E-state index contributed by atoms with van der Waals surface area (Å²) in [6.45, 7) is -0.932. The molecule has 1 saturated heterocycles. The number of esters is 1. The van der Waals surface area contributed by atoms with Crippen molar-refractivity contribution in [1.29, 1.82) is 0 Å². The third-order valence-electron chi connectivity index (χ3n) is 8.31. The first-order valence-electron chi connectivity index (χ1n) is 14.4. The standard InChI is InChI=1S/C30H33F4N5O6/c1-43-22-12-23-36-21(14-39(23)38-20(22)13-28(26(41)44-2)16-30(33,34)17-35-25(28)40)24(19-8-10-29(31,32)11-9-19)37-27(42)45-15-18-6-4-3-5-7-18/h3-7,12,14,19,24H,8-11,13,15-17H2,1-2H3,(H,35,40)(H,37,42). The molecule has 2 aromatic heterocycles. The van der Waals surface area contributed by atoms with Crippen LogP contribution in [0.1, 0.15) is 55.1 Å². The highest BCUT2D eigenvalue weighted by atomic mass is 19.3. The summed E-state index contributed by atoms with van der Waals surface area (Å²) >= 11 is 0. The molecule has 45 heavy (non-hydrogen) atoms. The second-order valence-corrected chi connectivity index (χ2v) is 11.5. The van der Waals surface area contributed by atoms with Crippen molar-refractivity contribution >= 4 is 23.6 Å². The van der Waals surface area contributed by atoms with Crippen LogP contribution in [0.5, 0.6) is 5.75 Å². The minimum atomic E-state index is -3.38. The van der Waals surface area contributed by atoms with Crippen LogP contribution in [-0.4, -0.2) is 65.2 Å². The Morgan fingerprint density at radius 3 is 2.49 bits per heavy atom. The van der Waals surface area contributed by atoms with E-state index in [0.29, 0.717) is 5.69 Å². The monoisotopic (exact) mass is 635 g/mol. The van der Waals surface area contributed by atoms with E-state index in [1.807, 2.05) is 6.07 Å². The van der Waals surface area contributed by atoms with Gasteiger partial charge in [-0.05, 0) is 24.3 Å². The van der Waals surface area contributed by atoms with Gasteiger partial charge in [-0.25, -0.2) is 31.9 Å². The highest BCUT2D eigenvalue weighted by molar-refractivity contribution is 6.03. The maximum Gasteiger partial charge on any atom is 0.408 e. The average Bonchev–Trinajstić information content (AvgIpc) is 3.43. The van der Waals surface area contributed by atoms with Gasteiger partial charge in [0.2, 0.25) is 11.8 Å². The summed E-state index contributed by atoms with van der Waals surface area (Å²) in [6.07, 6.45) is -1.48. The third kappa shape index (κ3) is 6.96. The number of imidazole rings is 1. The zero-order valence-corrected chi connectivity index (χ0v) is 24.7. The van der Waals surface area contributed by atoms with Crippen molar-refractivity contribution in [2.75, 3.05) is 20.8 Å². The molecule has 1 aromatic carbocycles. The first-order valence-corrected chi connectivity index (χ1v) is 14.4. The van der Waals surface area contributed by atoms with Crippen molar-refractivity contribution in [3.8, 4) is 5.75 Å². The van der Waals surface area contributed by atoms with Gasteiger partial charge in [0.15, 0.2) is 11.1 Å². The molecule has 1 saturated carbocycles. The zero-order valence-electron chi connectivity index (χ0n) is 24.7. The van der Waals surface area contributed by atoms with Crippen LogP contribution in [0.25, 0.3) is 5.65 Å². The maximum atomic E-state index is 14.5. The normalized spacial score (nSPS) is 21.9. The molecular weight excluding hydrogens is 602 g/mol. The summed E-state index contributed by atoms with van der Waals surface area (Å²) < 4.78 is 73.9. The zero-order chi connectivity index (χ0) is 32.4. The van der Waals surface area contributed by atoms with Gasteiger partial charge in [-0.3, -0.25) is 9.59 Å². The fraction of sp³-hybridized carbons (Fsp3) is 0.500. The predicted octanol–water partition coefficient (Wildman–Crippen LogP) is 4.39. The molecule has 0 spiro atoms. The van der Waals surface area contributed by atoms with Gasteiger partial charge in [-0.15, -0.1) is 0 Å². The molecule has 0 bridgehead atoms. The van der Waals surface area contributed by atoms with Crippen molar-refractivity contribution < 1.29 is 46.2 Å². The largest absolute Gasteiger partial charge is 0.495 e. The number of piperidine rings is 1. The van der Waals surface area contributed by atoms with Gasteiger partial charge in [0, 0.05) is 31.7 Å². The van der Waals surface area contributed by atoms with Crippen LogP contribution in [0.4, 0.5) is 22.4 Å². The second-order valence-electron chi connectivity index (χ2n) is 11.5. The van der Waals surface area contributed by atoms with E-state index in [4.69, 9.17) is 14.2 Å². The molecule has 1 aliphatic heterocycles. The quantitative estimate of drug-likeness (QED) is 0.201. The molecule has 1 aliphatic carbocycles. The summed E-state index contributed by atoms with van der Waals surface area (Å²) in [5.74, 6) is -8.61. The molecule has 5 rings (SSSR count). The molecule has 0 radical (unpaired) electrons. The average molecular weight is 636 g/mol. The smallest absolute Gasteiger partial charge is 0.408 e. The van der Waals surface area contributed by atoms with Crippen molar-refractivity contribution in [1.82, 2.24) is 25.2 Å². The summed E-state index contributed by atoms with van der Waals surface area (Å²) in [6, 6.07) is 9.61. The van der Waals surface area contributed by atoms with Crippen LogP contribution in [0.3, 0.4) is 0 Å². The van der Waals surface area contributed by atoms with Gasteiger partial charge in [0.05, 0.1) is 38.7 Å². The molecule has 242 valence electrons. The van der Waals surface area contributed by atoms with E-state index in [-0.39, 0.29) is 49.4 Å². The van der Waals surface area contributed by atoms with Crippen molar-refractivity contribution in [2.45, 2.75) is 63.0 Å². The SMILES string of the molecule is COC(=O)C1(Cc2nn3cc(C(NC(=O)OCc4ccccc4)C4CCC(F)(F)CC4)nc3cc2OC)CC(F)(F)CNC1=O. The molecule has 15 heteroatoms. The van der Waals surface area contributed by atoms with Crippen molar-refractivity contribution in [3.63, 3.8) is 0 Å². The molecule has 2 amide bonds. The molecule has 3 heterocycles. The molecule has 2 unspecified atom stereocenters. The van der Waals surface area contributed by atoms with Crippen molar-refractivity contribution in [2.24, 2.45) is 11.3 Å². The predicted molar refractivity (Wildman–Crippen MR) is 150 cm³/mol. The van der Waals surface area contributed by atoms with Gasteiger partial charge in [-0.2, -0.15) is 5.10 Å². The van der Waals surface area contributed by atoms with Crippen LogP contribution in [0.15, 0.2) is 42.6 Å². The third-order valence-corrected chi connectivity index (χ3v) is 8.31. The number of hydrogen-bond donors (Lipinski definition) is 2. The summed E-state index contributed by atoms with van der Waals surface area (Å²) in [7, 11) is 2.30. The molecule has 11 nitrogen and oxygen atoms in total. The fourth-order valence-electron chi connectivity index (χ4n) is 5.96. The second kappa shape index (κ2) is 12.5. The van der Waals surface area contributed by atoms with Gasteiger partial charge in [0.25, 0.3) is 5.92 Å². The van der Waals surface area contributed by atoms with E-state index in [1.165, 1.54) is 23.9 Å². The number of hydrogen-bond acceptors (Lipinski definition) is 8. The lowest BCUT2D eigenvalue weighted by molar-refractivity contribution is -0.172. The number of rotatable bonds is 9. The minimum Gasteiger partial charge on any atom is -0.495 e. The number of aromatic nitrogens is 3. The van der Waals surface area contributed by atoms with Gasteiger partial charge in [0.1, 0.15) is 18.1 Å². The molecular formula is C30H33F4N5O6. The van der Waals surface area contributed by atoms with Crippen LogP contribution in [-0.2, 0) is 32.1 Å². The molecule has 2 aliphatic rings. The lowest BCUT2D eigenvalue weighted by Crippen LogP contribution is -2.59. The minimum absolute atomic E-state index is 0.00344. The summed E-state index contributed by atoms with van der Waals surface area (Å²) in [5, 5.41) is 9.31. The lowest BCUT2D eigenvalue weighted by atomic mass is 9.74. The summed E-state index contributed by atoms with van der Waals surface area (Å²) in [5.41, 5.74) is -1.02. The molecule has 2 atom stereocenters. The molecule has 2 fully saturated rings. The first-order chi connectivity index (χ1) is 21.3. The van der Waals surface area contributed by atoms with Crippen LogP contribution < -0.4 is 15.4 Å². The van der Waals surface area contributed by atoms with Gasteiger partial charge < -0.3 is 24.8 Å². The molecule has 3 aromatic rings. The Labute approximate surface area is 255 Å². The van der Waals surface area contributed by atoms with E-state index in [1.54, 1.807) is 24.3 Å². The Morgan fingerprint density at radius 1 is 1.11 bits per heavy atom. The number of alkyl carbamates (subject to hydrolysis) is 1. The topological polar surface area (TPSA) is 133 Å². The van der Waals surface area contributed by atoms with E-state index in [9.17, 15) is 31.9 Å². The number of halogens is 4. The van der Waals surface area contributed by atoms with Crippen LogP contribution in [0.2, 0.25) is 0 Å². The fourth-order valence-corrected chi connectivity index (χ4v) is 5.96.